The lowest BCUT2D eigenvalue weighted by atomic mass is 10.1. The number of aliphatic carboxylic acids is 1. The molecule has 120 valence electrons. The highest BCUT2D eigenvalue weighted by Gasteiger charge is 2.18. The summed E-state index contributed by atoms with van der Waals surface area (Å²) < 4.78 is 1.17. The predicted molar refractivity (Wildman–Crippen MR) is 91.5 cm³/mol. The zero-order chi connectivity index (χ0) is 17.1. The van der Waals surface area contributed by atoms with Crippen LogP contribution in [-0.4, -0.2) is 31.3 Å². The highest BCUT2D eigenvalue weighted by Crippen LogP contribution is 2.25. The van der Waals surface area contributed by atoms with Gasteiger partial charge in [0.05, 0.1) is 10.0 Å². The Kier molecular flexibility index (Phi) is 4.59. The molecule has 6 nitrogen and oxygen atoms in total. The van der Waals surface area contributed by atoms with Crippen LogP contribution in [0.5, 0.6) is 0 Å². The van der Waals surface area contributed by atoms with Crippen molar-refractivity contribution in [2.24, 2.45) is 0 Å². The van der Waals surface area contributed by atoms with Gasteiger partial charge in [0.1, 0.15) is 0 Å². The van der Waals surface area contributed by atoms with E-state index < -0.39 is 5.97 Å². The van der Waals surface area contributed by atoms with E-state index in [0.29, 0.717) is 27.0 Å². The van der Waals surface area contributed by atoms with Crippen LogP contribution in [0.15, 0.2) is 48.5 Å². The van der Waals surface area contributed by atoms with Crippen LogP contribution in [-0.2, 0) is 4.79 Å². The van der Waals surface area contributed by atoms with Gasteiger partial charge >= 0.3 is 5.97 Å². The summed E-state index contributed by atoms with van der Waals surface area (Å²) in [5, 5.41) is 21.6. The maximum atomic E-state index is 11.7. The highest BCUT2D eigenvalue weighted by molar-refractivity contribution is 6.42. The molecule has 0 aliphatic carbocycles. The molecule has 0 atom stereocenters. The van der Waals surface area contributed by atoms with E-state index in [-0.39, 0.29) is 5.70 Å². The molecule has 0 fully saturated rings. The zero-order valence-corrected chi connectivity index (χ0v) is 13.6. The predicted octanol–water partition coefficient (Wildman–Crippen LogP) is 3.73. The van der Waals surface area contributed by atoms with Crippen molar-refractivity contribution < 1.29 is 9.90 Å². The lowest BCUT2D eigenvalue weighted by molar-refractivity contribution is -0.130. The van der Waals surface area contributed by atoms with Crippen LogP contribution in [0.4, 0.5) is 0 Å². The van der Waals surface area contributed by atoms with E-state index in [2.05, 4.69) is 15.5 Å². The number of aromatic nitrogens is 4. The largest absolute Gasteiger partial charge is 0.477 e. The van der Waals surface area contributed by atoms with Gasteiger partial charge in [-0.1, -0.05) is 59.6 Å². The lowest BCUT2D eigenvalue weighted by Crippen LogP contribution is -2.11. The maximum absolute atomic E-state index is 11.7. The smallest absolute Gasteiger partial charge is 0.354 e. The van der Waals surface area contributed by atoms with Gasteiger partial charge in [0.25, 0.3) is 0 Å². The van der Waals surface area contributed by atoms with E-state index in [0.717, 1.165) is 0 Å². The molecule has 1 aromatic heterocycles. The summed E-state index contributed by atoms with van der Waals surface area (Å²) in [4.78, 5) is 11.7. The van der Waals surface area contributed by atoms with Gasteiger partial charge in [-0.05, 0) is 34.2 Å². The molecular weight excluding hydrogens is 351 g/mol. The standard InChI is InChI=1S/C16H10Cl2N4O2/c17-12-7-6-10(8-13(12)18)9-14(16(23)24)22-15(19-20-21-22)11-4-2-1-3-5-11/h1-9H,(H,23,24)/b14-9+. The topological polar surface area (TPSA) is 80.9 Å². The van der Waals surface area contributed by atoms with Gasteiger partial charge in [-0.15, -0.1) is 5.10 Å². The van der Waals surface area contributed by atoms with E-state index in [4.69, 9.17) is 23.2 Å². The number of carboxylic acid groups (broad SMARTS) is 1. The molecule has 0 spiro atoms. The number of carboxylic acids is 1. The van der Waals surface area contributed by atoms with Gasteiger partial charge < -0.3 is 5.11 Å². The Morgan fingerprint density at radius 1 is 1.08 bits per heavy atom. The summed E-state index contributed by atoms with van der Waals surface area (Å²) in [6.07, 6.45) is 1.42. The van der Waals surface area contributed by atoms with Crippen LogP contribution < -0.4 is 0 Å². The van der Waals surface area contributed by atoms with Gasteiger partial charge in [-0.25, -0.2) is 4.79 Å². The number of hydrogen-bond donors (Lipinski definition) is 1. The van der Waals surface area contributed by atoms with Crippen LogP contribution in [0, 0.1) is 0 Å². The van der Waals surface area contributed by atoms with E-state index >= 15 is 0 Å². The summed E-state index contributed by atoms with van der Waals surface area (Å²) in [6, 6.07) is 13.9. The van der Waals surface area contributed by atoms with Crippen LogP contribution >= 0.6 is 23.2 Å². The molecule has 8 heteroatoms. The third-order valence-electron chi connectivity index (χ3n) is 3.20. The van der Waals surface area contributed by atoms with Crippen molar-refractivity contribution in [3.8, 4) is 11.4 Å². The van der Waals surface area contributed by atoms with Gasteiger partial charge in [0.2, 0.25) is 0 Å². The SMILES string of the molecule is O=C(O)/C(=C\c1ccc(Cl)c(Cl)c1)n1nnnc1-c1ccccc1. The minimum Gasteiger partial charge on any atom is -0.477 e. The molecule has 0 saturated carbocycles. The van der Waals surface area contributed by atoms with Crippen molar-refractivity contribution in [2.45, 2.75) is 0 Å². The number of benzene rings is 2. The normalized spacial score (nSPS) is 11.5. The number of tetrazole rings is 1. The first-order valence-electron chi connectivity index (χ1n) is 6.80. The van der Waals surface area contributed by atoms with E-state index in [9.17, 15) is 9.90 Å². The monoisotopic (exact) mass is 360 g/mol. The van der Waals surface area contributed by atoms with Crippen LogP contribution in [0.3, 0.4) is 0 Å². The summed E-state index contributed by atoms with van der Waals surface area (Å²) >= 11 is 11.9. The molecule has 0 aliphatic heterocycles. The molecule has 0 radical (unpaired) electrons. The molecular formula is C16H10Cl2N4O2. The van der Waals surface area contributed by atoms with E-state index in [1.807, 2.05) is 18.2 Å². The highest BCUT2D eigenvalue weighted by atomic mass is 35.5. The molecule has 1 heterocycles. The zero-order valence-electron chi connectivity index (χ0n) is 12.1. The molecule has 3 rings (SSSR count). The summed E-state index contributed by atoms with van der Waals surface area (Å²) in [5.41, 5.74) is 1.15. The maximum Gasteiger partial charge on any atom is 0.354 e. The first kappa shape index (κ1) is 16.2. The first-order valence-corrected chi connectivity index (χ1v) is 7.56. The average Bonchev–Trinajstić information content (AvgIpc) is 3.05. The van der Waals surface area contributed by atoms with Gasteiger partial charge in [0, 0.05) is 5.56 Å². The minimum atomic E-state index is -1.18. The third kappa shape index (κ3) is 3.29. The number of hydrogen-bond acceptors (Lipinski definition) is 4. The molecule has 0 unspecified atom stereocenters. The minimum absolute atomic E-state index is 0.114. The third-order valence-corrected chi connectivity index (χ3v) is 3.93. The van der Waals surface area contributed by atoms with Crippen LogP contribution in [0.2, 0.25) is 10.0 Å². The Bertz CT molecular complexity index is 923. The number of nitrogens with zero attached hydrogens (tertiary/aromatic N) is 4. The molecule has 0 aliphatic rings. The summed E-state index contributed by atoms with van der Waals surface area (Å²) in [7, 11) is 0. The fourth-order valence-electron chi connectivity index (χ4n) is 2.09. The summed E-state index contributed by atoms with van der Waals surface area (Å²) in [6.45, 7) is 0. The van der Waals surface area contributed by atoms with Crippen molar-refractivity contribution in [3.05, 3.63) is 64.1 Å². The summed E-state index contributed by atoms with van der Waals surface area (Å²) in [5.74, 6) is -0.852. The van der Waals surface area contributed by atoms with Crippen molar-refractivity contribution in [1.82, 2.24) is 20.2 Å². The van der Waals surface area contributed by atoms with E-state index in [1.54, 1.807) is 30.3 Å². The van der Waals surface area contributed by atoms with Gasteiger partial charge in [0.15, 0.2) is 11.5 Å². The lowest BCUT2D eigenvalue weighted by Gasteiger charge is -2.06. The Hall–Kier alpha value is -2.70. The molecule has 0 saturated heterocycles. The van der Waals surface area contributed by atoms with Crippen molar-refractivity contribution in [1.29, 1.82) is 0 Å². The Balaban J connectivity index is 2.10. The van der Waals surface area contributed by atoms with Crippen molar-refractivity contribution in [2.75, 3.05) is 0 Å². The fourth-order valence-corrected chi connectivity index (χ4v) is 2.40. The molecule has 24 heavy (non-hydrogen) atoms. The van der Waals surface area contributed by atoms with Crippen molar-refractivity contribution in [3.63, 3.8) is 0 Å². The quantitative estimate of drug-likeness (QED) is 0.716. The fraction of sp³-hybridized carbons (Fsp3) is 0. The second-order valence-corrected chi connectivity index (χ2v) is 5.60. The Morgan fingerprint density at radius 3 is 2.50 bits per heavy atom. The van der Waals surface area contributed by atoms with Crippen LogP contribution in [0.1, 0.15) is 5.56 Å². The van der Waals surface area contributed by atoms with Crippen LogP contribution in [0.25, 0.3) is 23.2 Å². The number of rotatable bonds is 4. The molecule has 0 bridgehead atoms. The van der Waals surface area contributed by atoms with Gasteiger partial charge in [-0.2, -0.15) is 4.68 Å². The molecule has 3 aromatic rings. The number of halogens is 2. The van der Waals surface area contributed by atoms with Gasteiger partial charge in [-0.3, -0.25) is 0 Å². The molecule has 2 aromatic carbocycles. The second-order valence-electron chi connectivity index (χ2n) is 4.79. The molecule has 1 N–H and O–H groups in total. The Morgan fingerprint density at radius 2 is 1.83 bits per heavy atom. The average molecular weight is 361 g/mol. The second kappa shape index (κ2) is 6.82. The molecule has 0 amide bonds. The number of carbonyl (C=O) groups is 1. The first-order chi connectivity index (χ1) is 11.6. The van der Waals surface area contributed by atoms with E-state index in [1.165, 1.54) is 10.8 Å². The van der Waals surface area contributed by atoms with Crippen molar-refractivity contribution >= 4 is 40.9 Å². The Labute approximate surface area is 146 Å².